The van der Waals surface area contributed by atoms with Crippen LogP contribution in [0.15, 0.2) is 18.5 Å². The molecule has 1 heterocycles. The minimum atomic E-state index is -0.592. The van der Waals surface area contributed by atoms with Crippen LogP contribution >= 0.6 is 11.6 Å². The van der Waals surface area contributed by atoms with Crippen LogP contribution in [0.2, 0.25) is 5.02 Å². The first-order valence-electron chi connectivity index (χ1n) is 3.65. The van der Waals surface area contributed by atoms with Gasteiger partial charge in [0.2, 0.25) is 0 Å². The van der Waals surface area contributed by atoms with Gasteiger partial charge in [-0.05, 0) is 18.6 Å². The van der Waals surface area contributed by atoms with Gasteiger partial charge >= 0.3 is 0 Å². The van der Waals surface area contributed by atoms with Crippen molar-refractivity contribution in [3.05, 3.63) is 29.0 Å². The highest BCUT2D eigenvalue weighted by Crippen LogP contribution is 2.16. The first kappa shape index (κ1) is 9.45. The summed E-state index contributed by atoms with van der Waals surface area (Å²) in [6, 6.07) is 1.28. The van der Waals surface area contributed by atoms with E-state index in [0.29, 0.717) is 5.02 Å². The van der Waals surface area contributed by atoms with Gasteiger partial charge in [0.1, 0.15) is 0 Å². The van der Waals surface area contributed by atoms with Gasteiger partial charge in [-0.3, -0.25) is 4.98 Å². The standard InChI is InChI=1S/C8H11ClN2O/c1-5(12)8(10)6-2-7(9)4-11-3-6/h2-5,8,12H,10H2,1H3/t5-,8-/m0/s1. The molecule has 0 bridgehead atoms. The molecule has 2 atom stereocenters. The minimum absolute atomic E-state index is 0.420. The number of aliphatic hydroxyl groups is 1. The van der Waals surface area contributed by atoms with Gasteiger partial charge in [0, 0.05) is 12.4 Å². The number of aromatic nitrogens is 1. The van der Waals surface area contributed by atoms with E-state index in [0.717, 1.165) is 5.56 Å². The molecule has 3 nitrogen and oxygen atoms in total. The summed E-state index contributed by atoms with van der Waals surface area (Å²) in [5.41, 5.74) is 6.41. The highest BCUT2D eigenvalue weighted by Gasteiger charge is 2.11. The molecule has 66 valence electrons. The second-order valence-electron chi connectivity index (χ2n) is 2.70. The van der Waals surface area contributed by atoms with Crippen LogP contribution in [0.5, 0.6) is 0 Å². The molecule has 0 saturated carbocycles. The topological polar surface area (TPSA) is 59.1 Å². The Morgan fingerprint density at radius 2 is 2.25 bits per heavy atom. The van der Waals surface area contributed by atoms with Gasteiger partial charge in [-0.15, -0.1) is 0 Å². The van der Waals surface area contributed by atoms with E-state index in [2.05, 4.69) is 4.98 Å². The molecule has 0 aromatic carbocycles. The van der Waals surface area contributed by atoms with Crippen LogP contribution in [0.1, 0.15) is 18.5 Å². The van der Waals surface area contributed by atoms with Crippen molar-refractivity contribution < 1.29 is 5.11 Å². The normalized spacial score (nSPS) is 15.7. The van der Waals surface area contributed by atoms with Crippen molar-refractivity contribution >= 4 is 11.6 Å². The molecule has 1 aromatic heterocycles. The molecule has 1 rings (SSSR count). The monoisotopic (exact) mass is 186 g/mol. The number of hydrogen-bond acceptors (Lipinski definition) is 3. The Labute approximate surface area is 76.2 Å². The SMILES string of the molecule is C[C@H](O)[C@H](N)c1cncc(Cl)c1. The van der Waals surface area contributed by atoms with Crippen LogP contribution < -0.4 is 5.73 Å². The number of pyridine rings is 1. The molecule has 4 heteroatoms. The molecule has 0 radical (unpaired) electrons. The third kappa shape index (κ3) is 2.17. The van der Waals surface area contributed by atoms with Crippen LogP contribution in [0.4, 0.5) is 0 Å². The second-order valence-corrected chi connectivity index (χ2v) is 3.14. The lowest BCUT2D eigenvalue weighted by Gasteiger charge is -2.14. The van der Waals surface area contributed by atoms with Crippen molar-refractivity contribution in [3.8, 4) is 0 Å². The fourth-order valence-corrected chi connectivity index (χ4v) is 1.07. The van der Waals surface area contributed by atoms with Crippen molar-refractivity contribution in [1.82, 2.24) is 4.98 Å². The summed E-state index contributed by atoms with van der Waals surface area (Å²) in [7, 11) is 0. The Bertz CT molecular complexity index is 265. The number of hydrogen-bond donors (Lipinski definition) is 2. The summed E-state index contributed by atoms with van der Waals surface area (Å²) in [5.74, 6) is 0. The minimum Gasteiger partial charge on any atom is -0.391 e. The Morgan fingerprint density at radius 3 is 2.75 bits per heavy atom. The first-order valence-corrected chi connectivity index (χ1v) is 4.03. The van der Waals surface area contributed by atoms with Gasteiger partial charge in [-0.2, -0.15) is 0 Å². The Kier molecular flexibility index (Phi) is 3.03. The van der Waals surface area contributed by atoms with Crippen LogP contribution in [-0.2, 0) is 0 Å². The lowest BCUT2D eigenvalue weighted by atomic mass is 10.1. The molecule has 0 aliphatic heterocycles. The predicted octanol–water partition coefficient (Wildman–Crippen LogP) is 1.12. The molecule has 0 aliphatic carbocycles. The maximum atomic E-state index is 9.17. The number of rotatable bonds is 2. The predicted molar refractivity (Wildman–Crippen MR) is 47.9 cm³/mol. The maximum absolute atomic E-state index is 9.17. The maximum Gasteiger partial charge on any atom is 0.0705 e. The van der Waals surface area contributed by atoms with E-state index < -0.39 is 12.1 Å². The van der Waals surface area contributed by atoms with E-state index >= 15 is 0 Å². The number of nitrogens with zero attached hydrogens (tertiary/aromatic N) is 1. The summed E-state index contributed by atoms with van der Waals surface area (Å²) in [4.78, 5) is 3.86. The van der Waals surface area contributed by atoms with Crippen LogP contribution in [0.25, 0.3) is 0 Å². The molecular formula is C8H11ClN2O. The number of aliphatic hydroxyl groups excluding tert-OH is 1. The van der Waals surface area contributed by atoms with Gasteiger partial charge in [-0.25, -0.2) is 0 Å². The van der Waals surface area contributed by atoms with Crippen molar-refractivity contribution in [2.75, 3.05) is 0 Å². The summed E-state index contributed by atoms with van der Waals surface area (Å²) in [5, 5.41) is 9.70. The van der Waals surface area contributed by atoms with E-state index in [1.54, 1.807) is 19.2 Å². The van der Waals surface area contributed by atoms with E-state index in [1.807, 2.05) is 0 Å². The molecule has 0 spiro atoms. The highest BCUT2D eigenvalue weighted by molar-refractivity contribution is 6.30. The van der Waals surface area contributed by atoms with Gasteiger partial charge in [0.05, 0.1) is 17.2 Å². The zero-order chi connectivity index (χ0) is 9.14. The number of halogens is 1. The van der Waals surface area contributed by atoms with Crippen LogP contribution in [-0.4, -0.2) is 16.2 Å². The molecule has 0 amide bonds. The van der Waals surface area contributed by atoms with Crippen molar-refractivity contribution in [2.24, 2.45) is 5.73 Å². The summed E-state index contributed by atoms with van der Waals surface area (Å²) < 4.78 is 0. The molecule has 1 aromatic rings. The average molecular weight is 187 g/mol. The average Bonchev–Trinajstić information content (AvgIpc) is 2.03. The summed E-state index contributed by atoms with van der Waals surface area (Å²) in [6.07, 6.45) is 2.54. The third-order valence-corrected chi connectivity index (χ3v) is 1.84. The Morgan fingerprint density at radius 1 is 1.58 bits per heavy atom. The van der Waals surface area contributed by atoms with Crippen molar-refractivity contribution in [2.45, 2.75) is 19.1 Å². The van der Waals surface area contributed by atoms with Gasteiger partial charge in [-0.1, -0.05) is 11.6 Å². The lowest BCUT2D eigenvalue weighted by Crippen LogP contribution is -2.23. The third-order valence-electron chi connectivity index (χ3n) is 1.63. The lowest BCUT2D eigenvalue weighted by molar-refractivity contribution is 0.164. The van der Waals surface area contributed by atoms with Gasteiger partial charge < -0.3 is 10.8 Å². The Hall–Kier alpha value is -0.640. The molecule has 0 saturated heterocycles. The van der Waals surface area contributed by atoms with E-state index in [4.69, 9.17) is 22.4 Å². The molecule has 0 fully saturated rings. The summed E-state index contributed by atoms with van der Waals surface area (Å²) >= 11 is 5.69. The van der Waals surface area contributed by atoms with Crippen LogP contribution in [0.3, 0.4) is 0 Å². The fraction of sp³-hybridized carbons (Fsp3) is 0.375. The molecule has 12 heavy (non-hydrogen) atoms. The molecule has 0 aliphatic rings. The first-order chi connectivity index (χ1) is 5.61. The van der Waals surface area contributed by atoms with Crippen molar-refractivity contribution in [3.63, 3.8) is 0 Å². The van der Waals surface area contributed by atoms with Gasteiger partial charge in [0.25, 0.3) is 0 Å². The van der Waals surface area contributed by atoms with Gasteiger partial charge in [0.15, 0.2) is 0 Å². The summed E-state index contributed by atoms with van der Waals surface area (Å²) in [6.45, 7) is 1.63. The smallest absolute Gasteiger partial charge is 0.0705 e. The second kappa shape index (κ2) is 3.85. The van der Waals surface area contributed by atoms with Crippen molar-refractivity contribution in [1.29, 1.82) is 0 Å². The largest absolute Gasteiger partial charge is 0.391 e. The van der Waals surface area contributed by atoms with Crippen LogP contribution in [0, 0.1) is 0 Å². The fourth-order valence-electron chi connectivity index (χ4n) is 0.889. The molecule has 3 N–H and O–H groups in total. The zero-order valence-corrected chi connectivity index (χ0v) is 7.49. The van der Waals surface area contributed by atoms with E-state index in [9.17, 15) is 0 Å². The molecular weight excluding hydrogens is 176 g/mol. The molecule has 0 unspecified atom stereocenters. The van der Waals surface area contributed by atoms with E-state index in [-0.39, 0.29) is 0 Å². The van der Waals surface area contributed by atoms with E-state index in [1.165, 1.54) is 6.20 Å². The quantitative estimate of drug-likeness (QED) is 0.728. The highest BCUT2D eigenvalue weighted by atomic mass is 35.5. The zero-order valence-electron chi connectivity index (χ0n) is 6.74. The Balaban J connectivity index is 2.88. The number of nitrogens with two attached hydrogens (primary N) is 1.